The van der Waals surface area contributed by atoms with E-state index >= 15 is 0 Å². The first kappa shape index (κ1) is 25.5. The molecule has 0 unspecified atom stereocenters. The molecule has 0 aliphatic carbocycles. The topological polar surface area (TPSA) is 12.9 Å². The Hall–Kier alpha value is -4.75. The highest BCUT2D eigenvalue weighted by atomic mass is 14.7. The SMILES string of the molecule is Cc1ccc(C)c(-c2cccc(-c3cc(-c4ccccc4)cc(-c4cccc(-c5cc(C)ccc5C)c4)n3)c2)c1. The van der Waals surface area contributed by atoms with Crippen molar-refractivity contribution in [3.63, 3.8) is 0 Å². The Bertz CT molecular complexity index is 1720. The molecule has 194 valence electrons. The number of hydrogen-bond acceptors (Lipinski definition) is 1. The number of hydrogen-bond donors (Lipinski definition) is 0. The molecule has 0 atom stereocenters. The average Bonchev–Trinajstić information content (AvgIpc) is 3.00. The molecule has 0 saturated carbocycles. The fraction of sp³-hybridized carbons (Fsp3) is 0.103. The van der Waals surface area contributed by atoms with Crippen molar-refractivity contribution in [2.45, 2.75) is 27.7 Å². The van der Waals surface area contributed by atoms with Crippen LogP contribution in [0.5, 0.6) is 0 Å². The molecule has 40 heavy (non-hydrogen) atoms. The zero-order valence-electron chi connectivity index (χ0n) is 23.6. The van der Waals surface area contributed by atoms with Crippen LogP contribution < -0.4 is 0 Å². The summed E-state index contributed by atoms with van der Waals surface area (Å²) in [5.41, 5.74) is 16.6. The van der Waals surface area contributed by atoms with Gasteiger partial charge in [0.15, 0.2) is 0 Å². The molecule has 0 radical (unpaired) electrons. The summed E-state index contributed by atoms with van der Waals surface area (Å²) in [6, 6.07) is 45.9. The Morgan fingerprint density at radius 2 is 0.800 bits per heavy atom. The average molecular weight is 516 g/mol. The summed E-state index contributed by atoms with van der Waals surface area (Å²) in [7, 11) is 0. The molecule has 0 spiro atoms. The summed E-state index contributed by atoms with van der Waals surface area (Å²) in [6.07, 6.45) is 0. The molecule has 0 aliphatic rings. The third-order valence-corrected chi connectivity index (χ3v) is 7.66. The van der Waals surface area contributed by atoms with E-state index in [-0.39, 0.29) is 0 Å². The van der Waals surface area contributed by atoms with Crippen LogP contribution in [-0.2, 0) is 0 Å². The molecule has 6 aromatic rings. The smallest absolute Gasteiger partial charge is 0.0715 e. The van der Waals surface area contributed by atoms with E-state index in [1.165, 1.54) is 50.1 Å². The molecule has 1 nitrogen and oxygen atoms in total. The van der Waals surface area contributed by atoms with Crippen LogP contribution in [0.3, 0.4) is 0 Å². The second kappa shape index (κ2) is 10.8. The zero-order valence-corrected chi connectivity index (χ0v) is 23.6. The third-order valence-electron chi connectivity index (χ3n) is 7.66. The van der Waals surface area contributed by atoms with E-state index in [2.05, 4.69) is 155 Å². The van der Waals surface area contributed by atoms with E-state index in [1.807, 2.05) is 0 Å². The van der Waals surface area contributed by atoms with Crippen molar-refractivity contribution in [1.82, 2.24) is 4.98 Å². The molecule has 1 heterocycles. The third kappa shape index (κ3) is 5.24. The van der Waals surface area contributed by atoms with Crippen molar-refractivity contribution >= 4 is 0 Å². The maximum Gasteiger partial charge on any atom is 0.0715 e. The van der Waals surface area contributed by atoms with Crippen LogP contribution in [0.15, 0.2) is 127 Å². The highest BCUT2D eigenvalue weighted by Crippen LogP contribution is 2.34. The first-order chi connectivity index (χ1) is 19.4. The fourth-order valence-electron chi connectivity index (χ4n) is 5.41. The summed E-state index contributed by atoms with van der Waals surface area (Å²) in [4.78, 5) is 5.25. The predicted molar refractivity (Wildman–Crippen MR) is 170 cm³/mol. The van der Waals surface area contributed by atoms with Crippen LogP contribution >= 0.6 is 0 Å². The van der Waals surface area contributed by atoms with Gasteiger partial charge in [-0.25, -0.2) is 4.98 Å². The van der Waals surface area contributed by atoms with Gasteiger partial charge in [0.2, 0.25) is 0 Å². The molecule has 0 aliphatic heterocycles. The molecule has 0 fully saturated rings. The Kier molecular flexibility index (Phi) is 6.88. The van der Waals surface area contributed by atoms with Crippen molar-refractivity contribution in [3.8, 4) is 55.9 Å². The van der Waals surface area contributed by atoms with Crippen LogP contribution in [-0.4, -0.2) is 4.98 Å². The van der Waals surface area contributed by atoms with Crippen LogP contribution in [0.2, 0.25) is 0 Å². The lowest BCUT2D eigenvalue weighted by Crippen LogP contribution is -1.93. The van der Waals surface area contributed by atoms with E-state index < -0.39 is 0 Å². The van der Waals surface area contributed by atoms with Crippen molar-refractivity contribution in [3.05, 3.63) is 150 Å². The van der Waals surface area contributed by atoms with Gasteiger partial charge in [0, 0.05) is 11.1 Å². The van der Waals surface area contributed by atoms with Gasteiger partial charge in [-0.2, -0.15) is 0 Å². The molecular weight excluding hydrogens is 482 g/mol. The summed E-state index contributed by atoms with van der Waals surface area (Å²) < 4.78 is 0. The van der Waals surface area contributed by atoms with Gasteiger partial charge in [0.25, 0.3) is 0 Å². The zero-order chi connectivity index (χ0) is 27.6. The van der Waals surface area contributed by atoms with Gasteiger partial charge in [-0.3, -0.25) is 0 Å². The predicted octanol–water partition coefficient (Wildman–Crippen LogP) is 10.7. The first-order valence-corrected chi connectivity index (χ1v) is 13.9. The van der Waals surface area contributed by atoms with Gasteiger partial charge in [-0.1, -0.05) is 114 Å². The molecule has 0 N–H and O–H groups in total. The number of nitrogens with zero attached hydrogens (tertiary/aromatic N) is 1. The maximum absolute atomic E-state index is 5.25. The lowest BCUT2D eigenvalue weighted by molar-refractivity contribution is 1.32. The number of rotatable bonds is 5. The molecule has 1 aromatic heterocycles. The standard InChI is InChI=1S/C39H33N/c1-26-16-18-28(3)36(20-26)31-12-8-14-33(22-31)38-24-35(30-10-6-5-7-11-30)25-39(40-38)34-15-9-13-32(23-34)37-21-27(2)17-19-29(37)4/h5-25H,1-4H3. The maximum atomic E-state index is 5.25. The van der Waals surface area contributed by atoms with Crippen LogP contribution in [0.4, 0.5) is 0 Å². The Morgan fingerprint density at radius 3 is 1.30 bits per heavy atom. The summed E-state index contributed by atoms with van der Waals surface area (Å²) in [6.45, 7) is 8.65. The van der Waals surface area contributed by atoms with E-state index in [4.69, 9.17) is 4.98 Å². The van der Waals surface area contributed by atoms with Crippen LogP contribution in [0, 0.1) is 27.7 Å². The first-order valence-electron chi connectivity index (χ1n) is 13.9. The molecule has 6 rings (SSSR count). The van der Waals surface area contributed by atoms with Crippen LogP contribution in [0.1, 0.15) is 22.3 Å². The molecule has 0 saturated heterocycles. The van der Waals surface area contributed by atoms with Crippen molar-refractivity contribution in [2.24, 2.45) is 0 Å². The Morgan fingerprint density at radius 1 is 0.350 bits per heavy atom. The number of pyridine rings is 1. The van der Waals surface area contributed by atoms with E-state index in [1.54, 1.807) is 0 Å². The van der Waals surface area contributed by atoms with Gasteiger partial charge in [-0.05, 0) is 96.5 Å². The molecule has 5 aromatic carbocycles. The van der Waals surface area contributed by atoms with Gasteiger partial charge < -0.3 is 0 Å². The summed E-state index contributed by atoms with van der Waals surface area (Å²) >= 11 is 0. The van der Waals surface area contributed by atoms with E-state index in [0.29, 0.717) is 0 Å². The highest BCUT2D eigenvalue weighted by Gasteiger charge is 2.12. The lowest BCUT2D eigenvalue weighted by Gasteiger charge is -2.13. The quantitative estimate of drug-likeness (QED) is 0.222. The van der Waals surface area contributed by atoms with E-state index in [9.17, 15) is 0 Å². The van der Waals surface area contributed by atoms with Crippen molar-refractivity contribution in [2.75, 3.05) is 0 Å². The van der Waals surface area contributed by atoms with Gasteiger partial charge in [0.1, 0.15) is 0 Å². The Balaban J connectivity index is 1.51. The number of aryl methyl sites for hydroxylation is 4. The minimum Gasteiger partial charge on any atom is -0.248 e. The second-order valence-electron chi connectivity index (χ2n) is 10.8. The fourth-order valence-corrected chi connectivity index (χ4v) is 5.41. The lowest BCUT2D eigenvalue weighted by atomic mass is 9.94. The van der Waals surface area contributed by atoms with Gasteiger partial charge in [0.05, 0.1) is 11.4 Å². The molecule has 0 amide bonds. The van der Waals surface area contributed by atoms with Crippen LogP contribution in [0.25, 0.3) is 55.9 Å². The Labute approximate surface area is 237 Å². The van der Waals surface area contributed by atoms with Gasteiger partial charge in [-0.15, -0.1) is 0 Å². The van der Waals surface area contributed by atoms with Gasteiger partial charge >= 0.3 is 0 Å². The summed E-state index contributed by atoms with van der Waals surface area (Å²) in [5, 5.41) is 0. The minimum absolute atomic E-state index is 0.973. The van der Waals surface area contributed by atoms with Crippen molar-refractivity contribution in [1.29, 1.82) is 0 Å². The summed E-state index contributed by atoms with van der Waals surface area (Å²) in [5.74, 6) is 0. The molecule has 1 heteroatoms. The normalized spacial score (nSPS) is 11.0. The van der Waals surface area contributed by atoms with E-state index in [0.717, 1.165) is 28.1 Å². The van der Waals surface area contributed by atoms with Crippen molar-refractivity contribution < 1.29 is 0 Å². The largest absolute Gasteiger partial charge is 0.248 e. The monoisotopic (exact) mass is 515 g/mol. The number of benzene rings is 5. The second-order valence-corrected chi connectivity index (χ2v) is 10.8. The highest BCUT2D eigenvalue weighted by molar-refractivity contribution is 5.81. The molecule has 0 bridgehead atoms. The molecular formula is C39H33N. The number of aromatic nitrogens is 1. The minimum atomic E-state index is 0.973.